The van der Waals surface area contributed by atoms with Crippen molar-refractivity contribution in [3.63, 3.8) is 0 Å². The number of sulfone groups is 1. The molecule has 1 aromatic heterocycles. The summed E-state index contributed by atoms with van der Waals surface area (Å²) < 4.78 is 23.3. The van der Waals surface area contributed by atoms with E-state index in [9.17, 15) is 18.0 Å². The molecule has 1 unspecified atom stereocenters. The Morgan fingerprint density at radius 1 is 1.38 bits per heavy atom. The molecule has 1 saturated heterocycles. The lowest BCUT2D eigenvalue weighted by molar-refractivity contribution is 0.0708. The van der Waals surface area contributed by atoms with E-state index in [1.54, 1.807) is 11.0 Å². The molecule has 1 atom stereocenters. The van der Waals surface area contributed by atoms with Crippen LogP contribution < -0.4 is 5.32 Å². The number of amides is 2. The summed E-state index contributed by atoms with van der Waals surface area (Å²) in [6.45, 7) is 4.72. The minimum absolute atomic E-state index is 0.00149. The summed E-state index contributed by atoms with van der Waals surface area (Å²) in [5.74, 6) is -0.478. The van der Waals surface area contributed by atoms with Crippen LogP contribution in [0.5, 0.6) is 0 Å². The monoisotopic (exact) mass is 353 g/mol. The Labute approximate surface area is 142 Å². The fraction of sp³-hybridized carbons (Fsp3) is 0.562. The van der Waals surface area contributed by atoms with Gasteiger partial charge in [-0.05, 0) is 31.9 Å². The second-order valence-corrected chi connectivity index (χ2v) is 8.06. The van der Waals surface area contributed by atoms with Crippen molar-refractivity contribution in [1.82, 2.24) is 15.2 Å². The summed E-state index contributed by atoms with van der Waals surface area (Å²) in [6.07, 6.45) is 2.69. The molecule has 1 aliphatic rings. The van der Waals surface area contributed by atoms with E-state index in [1.165, 1.54) is 12.3 Å². The van der Waals surface area contributed by atoms with Crippen LogP contribution in [0.4, 0.5) is 0 Å². The number of pyridine rings is 1. The molecular weight excluding hydrogens is 330 g/mol. The fourth-order valence-electron chi connectivity index (χ4n) is 2.77. The molecule has 0 saturated carbocycles. The summed E-state index contributed by atoms with van der Waals surface area (Å²) in [7, 11) is -3.07. The smallest absolute Gasteiger partial charge is 0.269 e. The van der Waals surface area contributed by atoms with Crippen molar-refractivity contribution in [2.45, 2.75) is 32.7 Å². The van der Waals surface area contributed by atoms with Gasteiger partial charge in [0.2, 0.25) is 0 Å². The quantitative estimate of drug-likeness (QED) is 0.818. The first-order chi connectivity index (χ1) is 11.4. The van der Waals surface area contributed by atoms with E-state index >= 15 is 0 Å². The van der Waals surface area contributed by atoms with Crippen LogP contribution in [0.3, 0.4) is 0 Å². The second kappa shape index (κ2) is 7.74. The molecule has 7 nitrogen and oxygen atoms in total. The first-order valence-corrected chi connectivity index (χ1v) is 9.95. The topological polar surface area (TPSA) is 96.4 Å². The highest BCUT2D eigenvalue weighted by Crippen LogP contribution is 2.20. The summed E-state index contributed by atoms with van der Waals surface area (Å²) in [6, 6.07) is 2.70. The standard InChI is InChI=1S/C16H23N3O4S/c1-3-7-18-15(20)14-10-12(5-8-17-14)16(21)19(4-2)13-6-9-24(22,23)11-13/h5,8,10,13H,3-4,6-7,9,11H2,1-2H3,(H,18,20). The van der Waals surface area contributed by atoms with Crippen LogP contribution in [-0.2, 0) is 9.84 Å². The van der Waals surface area contributed by atoms with Gasteiger partial charge in [-0.1, -0.05) is 6.92 Å². The lowest BCUT2D eigenvalue weighted by Crippen LogP contribution is -2.41. The number of carbonyl (C=O) groups excluding carboxylic acids is 2. The zero-order chi connectivity index (χ0) is 17.7. The summed E-state index contributed by atoms with van der Waals surface area (Å²) in [5, 5.41) is 2.72. The molecule has 1 aromatic rings. The molecule has 1 fully saturated rings. The molecule has 8 heteroatoms. The highest BCUT2D eigenvalue weighted by atomic mass is 32.2. The largest absolute Gasteiger partial charge is 0.351 e. The van der Waals surface area contributed by atoms with Crippen LogP contribution in [0.25, 0.3) is 0 Å². The van der Waals surface area contributed by atoms with Crippen molar-refractivity contribution in [2.75, 3.05) is 24.6 Å². The Bertz CT molecular complexity index is 718. The highest BCUT2D eigenvalue weighted by Gasteiger charge is 2.34. The van der Waals surface area contributed by atoms with Crippen LogP contribution in [0.1, 0.15) is 47.5 Å². The number of aromatic nitrogens is 1. The zero-order valence-electron chi connectivity index (χ0n) is 14.0. The molecule has 2 heterocycles. The van der Waals surface area contributed by atoms with Crippen molar-refractivity contribution < 1.29 is 18.0 Å². The van der Waals surface area contributed by atoms with Crippen molar-refractivity contribution in [3.05, 3.63) is 29.6 Å². The molecule has 0 aromatic carbocycles. The van der Waals surface area contributed by atoms with Gasteiger partial charge in [0.05, 0.1) is 11.5 Å². The van der Waals surface area contributed by atoms with E-state index in [0.717, 1.165) is 6.42 Å². The maximum Gasteiger partial charge on any atom is 0.269 e. The number of carbonyl (C=O) groups is 2. The minimum atomic E-state index is -3.07. The van der Waals surface area contributed by atoms with E-state index in [-0.39, 0.29) is 35.1 Å². The SMILES string of the molecule is CCCNC(=O)c1cc(C(=O)N(CC)C2CCS(=O)(=O)C2)ccn1. The minimum Gasteiger partial charge on any atom is -0.351 e. The van der Waals surface area contributed by atoms with Gasteiger partial charge in [0.25, 0.3) is 11.8 Å². The molecule has 0 radical (unpaired) electrons. The predicted molar refractivity (Wildman–Crippen MR) is 90.6 cm³/mol. The van der Waals surface area contributed by atoms with Crippen LogP contribution in [0, 0.1) is 0 Å². The van der Waals surface area contributed by atoms with Crippen LogP contribution in [0.2, 0.25) is 0 Å². The van der Waals surface area contributed by atoms with E-state index in [4.69, 9.17) is 0 Å². The van der Waals surface area contributed by atoms with Crippen LogP contribution >= 0.6 is 0 Å². The van der Waals surface area contributed by atoms with Gasteiger partial charge in [0.1, 0.15) is 5.69 Å². The van der Waals surface area contributed by atoms with Gasteiger partial charge in [-0.15, -0.1) is 0 Å². The molecule has 1 N–H and O–H groups in total. The van der Waals surface area contributed by atoms with Gasteiger partial charge in [0.15, 0.2) is 9.84 Å². The average molecular weight is 353 g/mol. The van der Waals surface area contributed by atoms with Crippen molar-refractivity contribution in [1.29, 1.82) is 0 Å². The van der Waals surface area contributed by atoms with Gasteiger partial charge in [-0.25, -0.2) is 8.42 Å². The number of rotatable bonds is 6. The molecule has 0 aliphatic carbocycles. The summed E-state index contributed by atoms with van der Waals surface area (Å²) >= 11 is 0. The molecule has 24 heavy (non-hydrogen) atoms. The summed E-state index contributed by atoms with van der Waals surface area (Å²) in [5.41, 5.74) is 0.530. The normalized spacial score (nSPS) is 19.0. The van der Waals surface area contributed by atoms with E-state index < -0.39 is 9.84 Å². The Morgan fingerprint density at radius 3 is 2.71 bits per heavy atom. The number of hydrogen-bond donors (Lipinski definition) is 1. The molecule has 0 bridgehead atoms. The van der Waals surface area contributed by atoms with Gasteiger partial charge in [-0.2, -0.15) is 0 Å². The van der Waals surface area contributed by atoms with Gasteiger partial charge < -0.3 is 10.2 Å². The van der Waals surface area contributed by atoms with Crippen LogP contribution in [0.15, 0.2) is 18.3 Å². The molecular formula is C16H23N3O4S. The molecule has 2 amide bonds. The molecule has 2 rings (SSSR count). The Morgan fingerprint density at radius 2 is 2.12 bits per heavy atom. The average Bonchev–Trinajstić information content (AvgIpc) is 2.93. The highest BCUT2D eigenvalue weighted by molar-refractivity contribution is 7.91. The van der Waals surface area contributed by atoms with Gasteiger partial charge in [-0.3, -0.25) is 14.6 Å². The first-order valence-electron chi connectivity index (χ1n) is 8.13. The van der Waals surface area contributed by atoms with Crippen molar-refractivity contribution >= 4 is 21.7 Å². The number of nitrogens with one attached hydrogen (secondary N) is 1. The maximum atomic E-state index is 12.7. The first kappa shape index (κ1) is 18.4. The Hall–Kier alpha value is -1.96. The predicted octanol–water partition coefficient (Wildman–Crippen LogP) is 0.871. The fourth-order valence-corrected chi connectivity index (χ4v) is 4.50. The molecule has 0 spiro atoms. The molecule has 132 valence electrons. The lowest BCUT2D eigenvalue weighted by atomic mass is 10.1. The van der Waals surface area contributed by atoms with E-state index in [1.807, 2.05) is 13.8 Å². The zero-order valence-corrected chi connectivity index (χ0v) is 14.8. The van der Waals surface area contributed by atoms with E-state index in [2.05, 4.69) is 10.3 Å². The lowest BCUT2D eigenvalue weighted by Gasteiger charge is -2.27. The van der Waals surface area contributed by atoms with Crippen molar-refractivity contribution in [3.8, 4) is 0 Å². The van der Waals surface area contributed by atoms with E-state index in [0.29, 0.717) is 25.1 Å². The summed E-state index contributed by atoms with van der Waals surface area (Å²) in [4.78, 5) is 30.3. The number of hydrogen-bond acceptors (Lipinski definition) is 5. The third-order valence-electron chi connectivity index (χ3n) is 4.03. The third kappa shape index (κ3) is 4.31. The second-order valence-electron chi connectivity index (χ2n) is 5.83. The maximum absolute atomic E-state index is 12.7. The number of nitrogens with zero attached hydrogens (tertiary/aromatic N) is 2. The molecule has 1 aliphatic heterocycles. The van der Waals surface area contributed by atoms with Gasteiger partial charge in [0, 0.05) is 30.9 Å². The Balaban J connectivity index is 2.17. The van der Waals surface area contributed by atoms with Crippen LogP contribution in [-0.4, -0.2) is 60.8 Å². The third-order valence-corrected chi connectivity index (χ3v) is 5.78. The van der Waals surface area contributed by atoms with Crippen molar-refractivity contribution in [2.24, 2.45) is 0 Å². The van der Waals surface area contributed by atoms with Gasteiger partial charge >= 0.3 is 0 Å². The Kier molecular flexibility index (Phi) is 5.93.